The number of ether oxygens (including phenoxy) is 1. The fourth-order valence-corrected chi connectivity index (χ4v) is 3.22. The monoisotopic (exact) mass is 456 g/mol. The molecule has 0 aliphatic heterocycles. The molecule has 1 nitrogen and oxygen atoms in total. The molecule has 0 unspecified atom stereocenters. The Balaban J connectivity index is 1.92. The van der Waals surface area contributed by atoms with Crippen molar-refractivity contribution in [2.24, 2.45) is 0 Å². The van der Waals surface area contributed by atoms with E-state index < -0.39 is 52.9 Å². The van der Waals surface area contributed by atoms with Gasteiger partial charge in [-0.25, -0.2) is 13.2 Å². The zero-order valence-corrected chi connectivity index (χ0v) is 17.0. The standard InChI is InChI=1S/C24H19F7O/c1-2-3-4-14-5-7-15(8-6-14)16-9-10-17(21(26)20(16)25)18-11-12-19(23(28)22(18)27)32-13-24(29,30)31/h5-12H,2-4,13H2,1H3. The summed E-state index contributed by atoms with van der Waals surface area (Å²) in [6.07, 6.45) is -1.87. The molecule has 0 amide bonds. The van der Waals surface area contributed by atoms with E-state index in [-0.39, 0.29) is 5.56 Å². The normalized spacial score (nSPS) is 11.6. The number of benzene rings is 3. The molecule has 0 saturated heterocycles. The second-order valence-electron chi connectivity index (χ2n) is 7.23. The molecule has 0 spiro atoms. The van der Waals surface area contributed by atoms with Crippen LogP contribution in [0.2, 0.25) is 0 Å². The van der Waals surface area contributed by atoms with E-state index >= 15 is 0 Å². The van der Waals surface area contributed by atoms with E-state index in [2.05, 4.69) is 11.7 Å². The highest BCUT2D eigenvalue weighted by molar-refractivity contribution is 5.72. The maximum atomic E-state index is 14.8. The molecular weight excluding hydrogens is 437 g/mol. The fourth-order valence-electron chi connectivity index (χ4n) is 3.22. The summed E-state index contributed by atoms with van der Waals surface area (Å²) in [7, 11) is 0. The fraction of sp³-hybridized carbons (Fsp3) is 0.250. The quantitative estimate of drug-likeness (QED) is 0.329. The van der Waals surface area contributed by atoms with E-state index in [1.807, 2.05) is 12.1 Å². The Kier molecular flexibility index (Phi) is 7.11. The van der Waals surface area contributed by atoms with Crippen molar-refractivity contribution in [3.8, 4) is 28.0 Å². The molecule has 3 aromatic carbocycles. The van der Waals surface area contributed by atoms with E-state index in [1.165, 1.54) is 6.07 Å². The van der Waals surface area contributed by atoms with Gasteiger partial charge in [-0.2, -0.15) is 17.6 Å². The molecule has 170 valence electrons. The zero-order chi connectivity index (χ0) is 23.5. The number of aryl methyl sites for hydroxylation is 1. The number of unbranched alkanes of at least 4 members (excludes halogenated alkanes) is 1. The SMILES string of the molecule is CCCCc1ccc(-c2ccc(-c3ccc(OCC(F)(F)F)c(F)c3F)c(F)c2F)cc1. The summed E-state index contributed by atoms with van der Waals surface area (Å²) in [6, 6.07) is 10.8. The van der Waals surface area contributed by atoms with Gasteiger partial charge in [0.15, 0.2) is 29.8 Å². The van der Waals surface area contributed by atoms with E-state index in [1.54, 1.807) is 12.1 Å². The first kappa shape index (κ1) is 23.6. The number of halogens is 7. The van der Waals surface area contributed by atoms with E-state index in [4.69, 9.17) is 0 Å². The van der Waals surface area contributed by atoms with Crippen molar-refractivity contribution in [3.63, 3.8) is 0 Å². The minimum Gasteiger partial charge on any atom is -0.481 e. The van der Waals surface area contributed by atoms with Crippen molar-refractivity contribution in [1.82, 2.24) is 0 Å². The summed E-state index contributed by atoms with van der Waals surface area (Å²) in [5, 5.41) is 0. The van der Waals surface area contributed by atoms with Gasteiger partial charge < -0.3 is 4.74 Å². The van der Waals surface area contributed by atoms with E-state index in [9.17, 15) is 30.7 Å². The van der Waals surface area contributed by atoms with Crippen LogP contribution in [-0.4, -0.2) is 12.8 Å². The Morgan fingerprint density at radius 2 is 1.22 bits per heavy atom. The van der Waals surface area contributed by atoms with Gasteiger partial charge in [0.2, 0.25) is 5.82 Å². The van der Waals surface area contributed by atoms with Gasteiger partial charge in [0.05, 0.1) is 0 Å². The average molecular weight is 456 g/mol. The number of hydrogen-bond donors (Lipinski definition) is 0. The van der Waals surface area contributed by atoms with E-state index in [0.29, 0.717) is 5.56 Å². The number of alkyl halides is 3. The lowest BCUT2D eigenvalue weighted by Gasteiger charge is -2.13. The van der Waals surface area contributed by atoms with Crippen LogP contribution in [0.1, 0.15) is 25.3 Å². The van der Waals surface area contributed by atoms with Crippen LogP contribution in [0.4, 0.5) is 30.7 Å². The molecule has 0 radical (unpaired) electrons. The highest BCUT2D eigenvalue weighted by atomic mass is 19.4. The smallest absolute Gasteiger partial charge is 0.422 e. The van der Waals surface area contributed by atoms with Gasteiger partial charge >= 0.3 is 6.18 Å². The molecule has 0 N–H and O–H groups in total. The summed E-state index contributed by atoms with van der Waals surface area (Å²) in [4.78, 5) is 0. The second kappa shape index (κ2) is 9.63. The molecule has 0 heterocycles. The average Bonchev–Trinajstić information content (AvgIpc) is 2.75. The van der Waals surface area contributed by atoms with Crippen LogP contribution < -0.4 is 4.74 Å². The molecule has 8 heteroatoms. The van der Waals surface area contributed by atoms with Gasteiger partial charge in [-0.3, -0.25) is 0 Å². The topological polar surface area (TPSA) is 9.23 Å². The van der Waals surface area contributed by atoms with Crippen LogP contribution in [0.5, 0.6) is 5.75 Å². The van der Waals surface area contributed by atoms with Crippen molar-refractivity contribution in [3.05, 3.63) is 77.4 Å². The summed E-state index contributed by atoms with van der Waals surface area (Å²) in [5.74, 6) is -7.00. The van der Waals surface area contributed by atoms with Gasteiger partial charge in [0.25, 0.3) is 0 Å². The van der Waals surface area contributed by atoms with Crippen molar-refractivity contribution in [1.29, 1.82) is 0 Å². The summed E-state index contributed by atoms with van der Waals surface area (Å²) < 4.78 is 99.0. The van der Waals surface area contributed by atoms with Crippen LogP contribution >= 0.6 is 0 Å². The minimum atomic E-state index is -4.75. The Morgan fingerprint density at radius 3 is 1.81 bits per heavy atom. The van der Waals surface area contributed by atoms with Crippen LogP contribution in [0.25, 0.3) is 22.3 Å². The highest BCUT2D eigenvalue weighted by Gasteiger charge is 2.30. The summed E-state index contributed by atoms with van der Waals surface area (Å²) >= 11 is 0. The van der Waals surface area contributed by atoms with Crippen LogP contribution in [0.15, 0.2) is 48.5 Å². The molecule has 0 aliphatic rings. The van der Waals surface area contributed by atoms with Crippen molar-refractivity contribution >= 4 is 0 Å². The molecule has 0 aliphatic carbocycles. The van der Waals surface area contributed by atoms with E-state index in [0.717, 1.165) is 43.0 Å². The third-order valence-corrected chi connectivity index (χ3v) is 4.89. The third-order valence-electron chi connectivity index (χ3n) is 4.89. The Hall–Kier alpha value is -3.03. The zero-order valence-electron chi connectivity index (χ0n) is 17.0. The molecular formula is C24H19F7O. The summed E-state index contributed by atoms with van der Waals surface area (Å²) in [5.41, 5.74) is 0.206. The first-order valence-electron chi connectivity index (χ1n) is 9.87. The van der Waals surface area contributed by atoms with Crippen molar-refractivity contribution in [2.75, 3.05) is 6.61 Å². The minimum absolute atomic E-state index is 0.0562. The molecule has 3 rings (SSSR count). The first-order chi connectivity index (χ1) is 15.1. The van der Waals surface area contributed by atoms with Gasteiger partial charge in [0.1, 0.15) is 0 Å². The van der Waals surface area contributed by atoms with Gasteiger partial charge in [-0.05, 0) is 36.1 Å². The highest BCUT2D eigenvalue weighted by Crippen LogP contribution is 2.35. The Morgan fingerprint density at radius 1 is 0.688 bits per heavy atom. The molecule has 32 heavy (non-hydrogen) atoms. The maximum absolute atomic E-state index is 14.8. The molecule has 0 saturated carbocycles. The lowest BCUT2D eigenvalue weighted by atomic mass is 9.97. The predicted octanol–water partition coefficient (Wildman–Crippen LogP) is 7.86. The lowest BCUT2D eigenvalue weighted by Crippen LogP contribution is -2.19. The van der Waals surface area contributed by atoms with Crippen LogP contribution in [0.3, 0.4) is 0 Å². The van der Waals surface area contributed by atoms with Gasteiger partial charge in [0, 0.05) is 16.7 Å². The Bertz CT molecular complexity index is 1090. The maximum Gasteiger partial charge on any atom is 0.422 e. The molecule has 0 aromatic heterocycles. The Labute approximate surface area is 180 Å². The van der Waals surface area contributed by atoms with Gasteiger partial charge in [-0.1, -0.05) is 49.7 Å². The second-order valence-corrected chi connectivity index (χ2v) is 7.23. The van der Waals surface area contributed by atoms with Crippen molar-refractivity contribution < 1.29 is 35.5 Å². The van der Waals surface area contributed by atoms with Crippen LogP contribution in [0, 0.1) is 23.3 Å². The summed E-state index contributed by atoms with van der Waals surface area (Å²) in [6.45, 7) is 0.240. The first-order valence-corrected chi connectivity index (χ1v) is 9.87. The molecule has 0 bridgehead atoms. The molecule has 0 atom stereocenters. The van der Waals surface area contributed by atoms with Crippen molar-refractivity contribution in [2.45, 2.75) is 32.4 Å². The molecule has 0 fully saturated rings. The van der Waals surface area contributed by atoms with Crippen LogP contribution in [-0.2, 0) is 6.42 Å². The number of hydrogen-bond acceptors (Lipinski definition) is 1. The number of rotatable bonds is 7. The lowest BCUT2D eigenvalue weighted by molar-refractivity contribution is -0.153. The third kappa shape index (κ3) is 5.23. The predicted molar refractivity (Wildman–Crippen MR) is 107 cm³/mol. The van der Waals surface area contributed by atoms with Gasteiger partial charge in [-0.15, -0.1) is 0 Å². The molecule has 3 aromatic rings. The largest absolute Gasteiger partial charge is 0.481 e.